The summed E-state index contributed by atoms with van der Waals surface area (Å²) in [6.07, 6.45) is 5.42. The third kappa shape index (κ3) is 3.80. The first-order valence-electron chi connectivity index (χ1n) is 5.56. The van der Waals surface area contributed by atoms with Gasteiger partial charge in [-0.15, -0.1) is 11.3 Å². The second kappa shape index (κ2) is 6.09. The molecule has 0 bridgehead atoms. The molecule has 0 saturated carbocycles. The van der Waals surface area contributed by atoms with Crippen LogP contribution >= 0.6 is 11.3 Å². The molecule has 0 radical (unpaired) electrons. The van der Waals surface area contributed by atoms with Crippen molar-refractivity contribution in [2.45, 2.75) is 40.2 Å². The van der Waals surface area contributed by atoms with Crippen molar-refractivity contribution in [3.63, 3.8) is 0 Å². The molecule has 0 aliphatic rings. The Morgan fingerprint density at radius 3 is 2.73 bits per heavy atom. The van der Waals surface area contributed by atoms with Gasteiger partial charge < -0.3 is 5.32 Å². The molecule has 1 aromatic heterocycles. The van der Waals surface area contributed by atoms with Crippen molar-refractivity contribution in [1.82, 2.24) is 5.32 Å². The van der Waals surface area contributed by atoms with Crippen LogP contribution < -0.4 is 5.32 Å². The normalized spacial score (nSPS) is 13.6. The number of hydrogen-bond donors (Lipinski definition) is 1. The van der Waals surface area contributed by atoms with Gasteiger partial charge >= 0.3 is 0 Å². The second-order valence-corrected chi connectivity index (χ2v) is 5.36. The first kappa shape index (κ1) is 12.5. The van der Waals surface area contributed by atoms with E-state index < -0.39 is 0 Å². The van der Waals surface area contributed by atoms with Crippen LogP contribution in [0.4, 0.5) is 0 Å². The summed E-state index contributed by atoms with van der Waals surface area (Å²) < 4.78 is 0. The Morgan fingerprint density at radius 1 is 1.47 bits per heavy atom. The topological polar surface area (TPSA) is 12.0 Å². The van der Waals surface area contributed by atoms with E-state index in [0.717, 1.165) is 13.0 Å². The monoisotopic (exact) mass is 223 g/mol. The van der Waals surface area contributed by atoms with E-state index in [1.807, 2.05) is 11.3 Å². The molecule has 0 aliphatic carbocycles. The lowest BCUT2D eigenvalue weighted by Gasteiger charge is -2.12. The summed E-state index contributed by atoms with van der Waals surface area (Å²) in [4.78, 5) is 2.85. The maximum absolute atomic E-state index is 3.54. The van der Waals surface area contributed by atoms with Gasteiger partial charge in [0.2, 0.25) is 0 Å². The SMILES string of the molecule is C/C=C/CCNC(C)c1cc(C)sc1C. The number of thiophene rings is 1. The van der Waals surface area contributed by atoms with Crippen LogP contribution in [-0.4, -0.2) is 6.54 Å². The zero-order valence-corrected chi connectivity index (χ0v) is 10.9. The van der Waals surface area contributed by atoms with Crippen LogP contribution in [0.15, 0.2) is 18.2 Å². The average Bonchev–Trinajstić information content (AvgIpc) is 2.52. The molecule has 0 saturated heterocycles. The molecule has 1 rings (SSSR count). The van der Waals surface area contributed by atoms with Gasteiger partial charge in [-0.05, 0) is 52.3 Å². The maximum Gasteiger partial charge on any atom is 0.0302 e. The summed E-state index contributed by atoms with van der Waals surface area (Å²) in [6, 6.07) is 2.77. The summed E-state index contributed by atoms with van der Waals surface area (Å²) in [7, 11) is 0. The standard InChI is InChI=1S/C13H21NS/c1-5-6-7-8-14-11(3)13-9-10(2)15-12(13)4/h5-6,9,11,14H,7-8H2,1-4H3/b6-5+. The molecular formula is C13H21NS. The van der Waals surface area contributed by atoms with Crippen LogP contribution in [0, 0.1) is 13.8 Å². The molecule has 84 valence electrons. The lowest BCUT2D eigenvalue weighted by Crippen LogP contribution is -2.19. The highest BCUT2D eigenvalue weighted by molar-refractivity contribution is 7.12. The Kier molecular flexibility index (Phi) is 5.06. The van der Waals surface area contributed by atoms with E-state index in [9.17, 15) is 0 Å². The molecule has 0 fully saturated rings. The summed E-state index contributed by atoms with van der Waals surface area (Å²) >= 11 is 1.89. The Labute approximate surface area is 97.2 Å². The molecule has 0 aromatic carbocycles. The highest BCUT2D eigenvalue weighted by atomic mass is 32.1. The second-order valence-electron chi connectivity index (χ2n) is 3.90. The van der Waals surface area contributed by atoms with E-state index in [-0.39, 0.29) is 0 Å². The maximum atomic E-state index is 3.54. The van der Waals surface area contributed by atoms with Crippen molar-refractivity contribution < 1.29 is 0 Å². The third-order valence-corrected chi connectivity index (χ3v) is 3.52. The molecule has 2 heteroatoms. The van der Waals surface area contributed by atoms with Crippen LogP contribution in [0.2, 0.25) is 0 Å². The predicted octanol–water partition coefficient (Wildman–Crippen LogP) is 3.98. The van der Waals surface area contributed by atoms with Gasteiger partial charge in [0, 0.05) is 15.8 Å². The Morgan fingerprint density at radius 2 is 2.20 bits per heavy atom. The van der Waals surface area contributed by atoms with E-state index in [4.69, 9.17) is 0 Å². The fraction of sp³-hybridized carbons (Fsp3) is 0.538. The van der Waals surface area contributed by atoms with Gasteiger partial charge in [0.25, 0.3) is 0 Å². The van der Waals surface area contributed by atoms with Gasteiger partial charge in [0.1, 0.15) is 0 Å². The van der Waals surface area contributed by atoms with Crippen molar-refractivity contribution in [1.29, 1.82) is 0 Å². The largest absolute Gasteiger partial charge is 0.310 e. The quantitative estimate of drug-likeness (QED) is 0.588. The fourth-order valence-corrected chi connectivity index (χ4v) is 2.76. The van der Waals surface area contributed by atoms with Crippen LogP contribution in [0.1, 0.15) is 41.6 Å². The number of hydrogen-bond acceptors (Lipinski definition) is 2. The van der Waals surface area contributed by atoms with Crippen LogP contribution in [0.3, 0.4) is 0 Å². The van der Waals surface area contributed by atoms with Gasteiger partial charge in [-0.1, -0.05) is 12.2 Å². The average molecular weight is 223 g/mol. The molecule has 0 amide bonds. The minimum Gasteiger partial charge on any atom is -0.310 e. The molecule has 1 N–H and O–H groups in total. The van der Waals surface area contributed by atoms with Crippen LogP contribution in [0.5, 0.6) is 0 Å². The molecule has 15 heavy (non-hydrogen) atoms. The first-order chi connectivity index (χ1) is 7.15. The number of rotatable bonds is 5. The number of allylic oxidation sites excluding steroid dienone is 1. The third-order valence-electron chi connectivity index (χ3n) is 2.54. The van der Waals surface area contributed by atoms with Crippen molar-refractivity contribution in [2.75, 3.05) is 6.54 Å². The molecule has 0 spiro atoms. The summed E-state index contributed by atoms with van der Waals surface area (Å²) in [5.41, 5.74) is 1.46. The molecule has 1 unspecified atom stereocenters. The summed E-state index contributed by atoms with van der Waals surface area (Å²) in [5, 5.41) is 3.54. The van der Waals surface area contributed by atoms with Gasteiger partial charge in [0.15, 0.2) is 0 Å². The van der Waals surface area contributed by atoms with E-state index in [1.54, 1.807) is 0 Å². The van der Waals surface area contributed by atoms with Crippen LogP contribution in [-0.2, 0) is 0 Å². The lowest BCUT2D eigenvalue weighted by molar-refractivity contribution is 0.580. The van der Waals surface area contributed by atoms with E-state index in [0.29, 0.717) is 6.04 Å². The van der Waals surface area contributed by atoms with E-state index in [1.165, 1.54) is 15.3 Å². The van der Waals surface area contributed by atoms with E-state index >= 15 is 0 Å². The molecule has 1 aromatic rings. The van der Waals surface area contributed by atoms with Gasteiger partial charge in [-0.3, -0.25) is 0 Å². The summed E-state index contributed by atoms with van der Waals surface area (Å²) in [6.45, 7) is 9.74. The van der Waals surface area contributed by atoms with Gasteiger partial charge in [-0.2, -0.15) is 0 Å². The van der Waals surface area contributed by atoms with Crippen molar-refractivity contribution in [3.8, 4) is 0 Å². The number of aryl methyl sites for hydroxylation is 2. The zero-order valence-electron chi connectivity index (χ0n) is 10.1. The molecule has 1 heterocycles. The predicted molar refractivity (Wildman–Crippen MR) is 69.6 cm³/mol. The highest BCUT2D eigenvalue weighted by Crippen LogP contribution is 2.25. The number of nitrogens with one attached hydrogen (secondary N) is 1. The van der Waals surface area contributed by atoms with Gasteiger partial charge in [-0.25, -0.2) is 0 Å². The minimum atomic E-state index is 0.472. The molecule has 1 nitrogen and oxygen atoms in total. The molecule has 0 aliphatic heterocycles. The first-order valence-corrected chi connectivity index (χ1v) is 6.38. The fourth-order valence-electron chi connectivity index (χ4n) is 1.74. The minimum absolute atomic E-state index is 0.472. The van der Waals surface area contributed by atoms with Crippen molar-refractivity contribution >= 4 is 11.3 Å². The van der Waals surface area contributed by atoms with Crippen LogP contribution in [0.25, 0.3) is 0 Å². The summed E-state index contributed by atoms with van der Waals surface area (Å²) in [5.74, 6) is 0. The Bertz CT molecular complexity index is 325. The van der Waals surface area contributed by atoms with Crippen molar-refractivity contribution in [3.05, 3.63) is 33.5 Å². The molecule has 1 atom stereocenters. The Balaban J connectivity index is 2.46. The van der Waals surface area contributed by atoms with Crippen molar-refractivity contribution in [2.24, 2.45) is 0 Å². The smallest absolute Gasteiger partial charge is 0.0302 e. The molecular weight excluding hydrogens is 202 g/mol. The highest BCUT2D eigenvalue weighted by Gasteiger charge is 2.09. The zero-order chi connectivity index (χ0) is 11.3. The lowest BCUT2D eigenvalue weighted by atomic mass is 10.1. The van der Waals surface area contributed by atoms with E-state index in [2.05, 4.69) is 51.2 Å². The Hall–Kier alpha value is -0.600. The van der Waals surface area contributed by atoms with Gasteiger partial charge in [0.05, 0.1) is 0 Å².